The summed E-state index contributed by atoms with van der Waals surface area (Å²) in [5.41, 5.74) is 1.91. The van der Waals surface area contributed by atoms with Gasteiger partial charge in [0.15, 0.2) is 5.16 Å². The molecule has 6 heteroatoms. The molecule has 0 bridgehead atoms. The van der Waals surface area contributed by atoms with Crippen molar-refractivity contribution < 1.29 is 4.79 Å². The average molecular weight is 438 g/mol. The maximum Gasteiger partial charge on any atom is 0.262 e. The summed E-state index contributed by atoms with van der Waals surface area (Å²) in [6, 6.07) is 17.8. The van der Waals surface area contributed by atoms with Gasteiger partial charge >= 0.3 is 0 Å². The van der Waals surface area contributed by atoms with Crippen LogP contribution in [0.4, 0.5) is 0 Å². The molecule has 31 heavy (non-hydrogen) atoms. The molecule has 164 valence electrons. The van der Waals surface area contributed by atoms with Crippen molar-refractivity contribution in [1.82, 2.24) is 14.9 Å². The van der Waals surface area contributed by atoms with E-state index in [9.17, 15) is 9.59 Å². The van der Waals surface area contributed by atoms with Gasteiger partial charge < -0.3 is 5.32 Å². The molecule has 5 nitrogen and oxygen atoms in total. The Morgan fingerprint density at radius 2 is 1.74 bits per heavy atom. The fraction of sp³-hybridized carbons (Fsp3) is 0.400. The Balaban J connectivity index is 1.64. The highest BCUT2D eigenvalue weighted by Gasteiger charge is 2.14. The van der Waals surface area contributed by atoms with E-state index in [4.69, 9.17) is 0 Å². The highest BCUT2D eigenvalue weighted by atomic mass is 32.2. The zero-order valence-electron chi connectivity index (χ0n) is 18.5. The van der Waals surface area contributed by atoms with E-state index >= 15 is 0 Å². The van der Waals surface area contributed by atoms with Crippen LogP contribution in [-0.2, 0) is 17.8 Å². The van der Waals surface area contributed by atoms with Crippen LogP contribution in [0.1, 0.15) is 39.2 Å². The van der Waals surface area contributed by atoms with Gasteiger partial charge in [0.1, 0.15) is 0 Å². The summed E-state index contributed by atoms with van der Waals surface area (Å²) in [7, 11) is 0. The molecule has 0 saturated heterocycles. The van der Waals surface area contributed by atoms with Crippen LogP contribution in [0.2, 0.25) is 0 Å². The zero-order valence-corrected chi connectivity index (χ0v) is 19.3. The van der Waals surface area contributed by atoms with Crippen LogP contribution in [0.25, 0.3) is 10.9 Å². The number of nitrogens with one attached hydrogen (secondary N) is 1. The van der Waals surface area contributed by atoms with E-state index in [1.54, 1.807) is 4.57 Å². The van der Waals surface area contributed by atoms with Gasteiger partial charge in [-0.1, -0.05) is 68.1 Å². The van der Waals surface area contributed by atoms with Gasteiger partial charge in [0.25, 0.3) is 5.56 Å². The van der Waals surface area contributed by atoms with Crippen LogP contribution in [-0.4, -0.2) is 27.3 Å². The number of fused-ring (bicyclic) bond motifs is 1. The normalized spacial score (nSPS) is 12.3. The predicted octanol–water partition coefficient (Wildman–Crippen LogP) is 4.67. The van der Waals surface area contributed by atoms with Gasteiger partial charge in [-0.05, 0) is 49.8 Å². The van der Waals surface area contributed by atoms with E-state index in [0.29, 0.717) is 28.5 Å². The third-order valence-electron chi connectivity index (χ3n) is 5.21. The minimum Gasteiger partial charge on any atom is -0.353 e. The molecule has 1 heterocycles. The maximum atomic E-state index is 13.0. The summed E-state index contributed by atoms with van der Waals surface area (Å²) in [5, 5.41) is 4.29. The number of aromatic nitrogens is 2. The first-order chi connectivity index (χ1) is 14.9. The van der Waals surface area contributed by atoms with Gasteiger partial charge in [-0.25, -0.2) is 4.98 Å². The molecule has 1 aromatic heterocycles. The van der Waals surface area contributed by atoms with Gasteiger partial charge in [0.05, 0.1) is 16.7 Å². The molecule has 0 saturated carbocycles. The second kappa shape index (κ2) is 11.1. The number of thioether (sulfide) groups is 1. The molecule has 3 aromatic rings. The first kappa shape index (κ1) is 23.1. The van der Waals surface area contributed by atoms with Crippen LogP contribution in [0.5, 0.6) is 0 Å². The SMILES string of the molecule is CC(C)CCn1c(SCC(=O)N[C@@H](C)CCc2ccccc2)nc2ccccc2c1=O. The Morgan fingerprint density at radius 1 is 1.03 bits per heavy atom. The van der Waals surface area contributed by atoms with E-state index in [1.807, 2.05) is 49.4 Å². The Morgan fingerprint density at radius 3 is 2.48 bits per heavy atom. The van der Waals surface area contributed by atoms with Gasteiger partial charge in [-0.15, -0.1) is 0 Å². The fourth-order valence-electron chi connectivity index (χ4n) is 3.39. The number of benzene rings is 2. The highest BCUT2D eigenvalue weighted by molar-refractivity contribution is 7.99. The number of rotatable bonds is 10. The molecule has 0 spiro atoms. The molecular formula is C25H31N3O2S. The molecule has 3 rings (SSSR count). The van der Waals surface area contributed by atoms with Crippen molar-refractivity contribution in [2.24, 2.45) is 5.92 Å². The smallest absolute Gasteiger partial charge is 0.262 e. The van der Waals surface area contributed by atoms with Crippen LogP contribution in [0.3, 0.4) is 0 Å². The Hall–Kier alpha value is -2.60. The second-order valence-corrected chi connectivity index (χ2v) is 9.27. The van der Waals surface area contributed by atoms with Crippen molar-refractivity contribution >= 4 is 28.6 Å². The maximum absolute atomic E-state index is 13.0. The quantitative estimate of drug-likeness (QED) is 0.370. The van der Waals surface area contributed by atoms with Crippen molar-refractivity contribution in [3.8, 4) is 0 Å². The Bertz CT molecular complexity index is 1060. The number of nitrogens with zero attached hydrogens (tertiary/aromatic N) is 2. The molecule has 1 amide bonds. The predicted molar refractivity (Wildman–Crippen MR) is 129 cm³/mol. The van der Waals surface area contributed by atoms with E-state index in [2.05, 4.69) is 36.3 Å². The average Bonchev–Trinajstić information content (AvgIpc) is 2.76. The molecule has 0 unspecified atom stereocenters. The number of carbonyl (C=O) groups excluding carboxylic acids is 1. The van der Waals surface area contributed by atoms with Gasteiger partial charge in [0.2, 0.25) is 5.91 Å². The molecular weight excluding hydrogens is 406 g/mol. The minimum absolute atomic E-state index is 0.0367. The van der Waals surface area contributed by atoms with Crippen molar-refractivity contribution in [2.45, 2.75) is 57.8 Å². The summed E-state index contributed by atoms with van der Waals surface area (Å²) < 4.78 is 1.72. The first-order valence-electron chi connectivity index (χ1n) is 10.9. The second-order valence-electron chi connectivity index (χ2n) is 8.33. The molecule has 2 aromatic carbocycles. The molecule has 0 aliphatic carbocycles. The summed E-state index contributed by atoms with van der Waals surface area (Å²) in [6.07, 6.45) is 2.69. The van der Waals surface area contributed by atoms with Crippen molar-refractivity contribution in [1.29, 1.82) is 0 Å². The molecule has 0 aliphatic heterocycles. The third-order valence-corrected chi connectivity index (χ3v) is 6.18. The largest absolute Gasteiger partial charge is 0.353 e. The van der Waals surface area contributed by atoms with Gasteiger partial charge in [0, 0.05) is 12.6 Å². The number of para-hydroxylation sites is 1. The number of amides is 1. The molecule has 0 aliphatic rings. The highest BCUT2D eigenvalue weighted by Crippen LogP contribution is 2.19. The summed E-state index contributed by atoms with van der Waals surface area (Å²) in [4.78, 5) is 30.2. The summed E-state index contributed by atoms with van der Waals surface area (Å²) in [6.45, 7) is 6.90. The topological polar surface area (TPSA) is 64.0 Å². The van der Waals surface area contributed by atoms with E-state index < -0.39 is 0 Å². The van der Waals surface area contributed by atoms with Gasteiger partial charge in [-0.3, -0.25) is 14.2 Å². The summed E-state index contributed by atoms with van der Waals surface area (Å²) >= 11 is 1.33. The van der Waals surface area contributed by atoms with Crippen molar-refractivity contribution in [3.63, 3.8) is 0 Å². The lowest BCUT2D eigenvalue weighted by Crippen LogP contribution is -2.34. The monoisotopic (exact) mass is 437 g/mol. The van der Waals surface area contributed by atoms with Crippen molar-refractivity contribution in [3.05, 3.63) is 70.5 Å². The minimum atomic E-state index is -0.0385. The fourth-order valence-corrected chi connectivity index (χ4v) is 4.23. The van der Waals surface area contributed by atoms with E-state index in [0.717, 1.165) is 19.3 Å². The van der Waals surface area contributed by atoms with Crippen LogP contribution in [0, 0.1) is 5.92 Å². The zero-order chi connectivity index (χ0) is 22.2. The molecule has 0 fully saturated rings. The Kier molecular flexibility index (Phi) is 8.29. The number of hydrogen-bond acceptors (Lipinski definition) is 4. The lowest BCUT2D eigenvalue weighted by atomic mass is 10.1. The van der Waals surface area contributed by atoms with Crippen molar-refractivity contribution in [2.75, 3.05) is 5.75 Å². The lowest BCUT2D eigenvalue weighted by molar-refractivity contribution is -0.119. The van der Waals surface area contributed by atoms with E-state index in [-0.39, 0.29) is 23.3 Å². The third kappa shape index (κ3) is 6.69. The van der Waals surface area contributed by atoms with Crippen LogP contribution in [0.15, 0.2) is 64.5 Å². The standard InChI is InChI=1S/C25H31N3O2S/c1-18(2)15-16-28-24(30)21-11-7-8-12-22(21)27-25(28)31-17-23(29)26-19(3)13-14-20-9-5-4-6-10-20/h4-12,18-19H,13-17H2,1-3H3,(H,26,29)/t19-/m0/s1. The van der Waals surface area contributed by atoms with E-state index in [1.165, 1.54) is 17.3 Å². The van der Waals surface area contributed by atoms with Crippen LogP contribution < -0.4 is 10.9 Å². The lowest BCUT2D eigenvalue weighted by Gasteiger charge is -2.16. The molecule has 1 N–H and O–H groups in total. The number of carbonyl (C=O) groups is 1. The molecule has 0 radical (unpaired) electrons. The first-order valence-corrected chi connectivity index (χ1v) is 11.9. The number of hydrogen-bond donors (Lipinski definition) is 1. The summed E-state index contributed by atoms with van der Waals surface area (Å²) in [5.74, 6) is 0.677. The Labute approximate surface area is 188 Å². The van der Waals surface area contributed by atoms with Gasteiger partial charge in [-0.2, -0.15) is 0 Å². The van der Waals surface area contributed by atoms with Crippen LogP contribution >= 0.6 is 11.8 Å². The molecule has 1 atom stereocenters. The number of aryl methyl sites for hydroxylation is 1.